The van der Waals surface area contributed by atoms with Crippen molar-refractivity contribution in [3.8, 4) is 5.75 Å². The molecule has 0 bridgehead atoms. The zero-order valence-electron chi connectivity index (χ0n) is 8.13. The van der Waals surface area contributed by atoms with Gasteiger partial charge < -0.3 is 15.2 Å². The number of hydrogen-bond donors (Lipinski definition) is 1. The topological polar surface area (TPSA) is 44.5 Å². The van der Waals surface area contributed by atoms with Crippen molar-refractivity contribution in [3.63, 3.8) is 0 Å². The molecular weight excluding hydrogens is 246 g/mol. The molecule has 14 heavy (non-hydrogen) atoms. The summed E-state index contributed by atoms with van der Waals surface area (Å²) in [5.74, 6) is 0.834. The first-order valence-electron chi connectivity index (χ1n) is 4.38. The van der Waals surface area contributed by atoms with Gasteiger partial charge in [-0.1, -0.05) is 15.9 Å². The molecule has 0 aromatic heterocycles. The molecule has 0 atom stereocenters. The summed E-state index contributed by atoms with van der Waals surface area (Å²) in [4.78, 5) is 0. The third-order valence-corrected chi connectivity index (χ3v) is 2.26. The van der Waals surface area contributed by atoms with Crippen molar-refractivity contribution >= 4 is 15.9 Å². The molecule has 3 nitrogen and oxygen atoms in total. The van der Waals surface area contributed by atoms with Crippen molar-refractivity contribution in [1.29, 1.82) is 0 Å². The van der Waals surface area contributed by atoms with Crippen LogP contribution in [0.25, 0.3) is 0 Å². The van der Waals surface area contributed by atoms with E-state index in [1.165, 1.54) is 0 Å². The van der Waals surface area contributed by atoms with Crippen molar-refractivity contribution in [2.75, 3.05) is 20.4 Å². The predicted octanol–water partition coefficient (Wildman–Crippen LogP) is 1.93. The van der Waals surface area contributed by atoms with Crippen LogP contribution < -0.4 is 10.5 Å². The largest absolute Gasteiger partial charge is 0.467 e. The van der Waals surface area contributed by atoms with Gasteiger partial charge in [-0.15, -0.1) is 0 Å². The minimum Gasteiger partial charge on any atom is -0.467 e. The Labute approximate surface area is 92.3 Å². The lowest BCUT2D eigenvalue weighted by Crippen LogP contribution is -2.06. The summed E-state index contributed by atoms with van der Waals surface area (Å²) >= 11 is 3.41. The van der Waals surface area contributed by atoms with Gasteiger partial charge in [-0.3, -0.25) is 0 Å². The van der Waals surface area contributed by atoms with E-state index in [0.29, 0.717) is 6.54 Å². The van der Waals surface area contributed by atoms with Gasteiger partial charge in [0.25, 0.3) is 0 Å². The first-order chi connectivity index (χ1) is 6.77. The maximum Gasteiger partial charge on any atom is 0.188 e. The third kappa shape index (κ3) is 3.29. The van der Waals surface area contributed by atoms with Gasteiger partial charge in [0.15, 0.2) is 6.79 Å². The lowest BCUT2D eigenvalue weighted by Gasteiger charge is -2.10. The van der Waals surface area contributed by atoms with Gasteiger partial charge in [0.1, 0.15) is 5.75 Å². The fourth-order valence-corrected chi connectivity index (χ4v) is 1.57. The van der Waals surface area contributed by atoms with E-state index in [2.05, 4.69) is 15.9 Å². The highest BCUT2D eigenvalue weighted by Gasteiger charge is 2.03. The Kier molecular flexibility index (Phi) is 4.93. The van der Waals surface area contributed by atoms with E-state index >= 15 is 0 Å². The summed E-state index contributed by atoms with van der Waals surface area (Å²) in [5, 5.41) is 0. The molecule has 0 aliphatic heterocycles. The number of hydrogen-bond acceptors (Lipinski definition) is 3. The number of nitrogens with two attached hydrogens (primary N) is 1. The van der Waals surface area contributed by atoms with Crippen LogP contribution in [0.1, 0.15) is 5.56 Å². The standard InChI is InChI=1S/C10H14BrNO2/c1-13-7-14-10-3-2-9(11)6-8(10)4-5-12/h2-3,6H,4-5,7,12H2,1H3. The fraction of sp³-hybridized carbons (Fsp3) is 0.400. The summed E-state index contributed by atoms with van der Waals surface area (Å²) in [6.07, 6.45) is 0.804. The van der Waals surface area contributed by atoms with Crippen molar-refractivity contribution in [3.05, 3.63) is 28.2 Å². The van der Waals surface area contributed by atoms with Gasteiger partial charge in [-0.2, -0.15) is 0 Å². The Morgan fingerprint density at radius 3 is 2.86 bits per heavy atom. The highest BCUT2D eigenvalue weighted by molar-refractivity contribution is 9.10. The normalized spacial score (nSPS) is 10.2. The van der Waals surface area contributed by atoms with E-state index in [1.807, 2.05) is 18.2 Å². The second kappa shape index (κ2) is 6.01. The molecule has 0 saturated heterocycles. The van der Waals surface area contributed by atoms with Crippen molar-refractivity contribution < 1.29 is 9.47 Å². The Bertz CT molecular complexity index is 291. The highest BCUT2D eigenvalue weighted by Crippen LogP contribution is 2.23. The van der Waals surface area contributed by atoms with Crippen molar-refractivity contribution in [1.82, 2.24) is 0 Å². The van der Waals surface area contributed by atoms with E-state index in [-0.39, 0.29) is 6.79 Å². The highest BCUT2D eigenvalue weighted by atomic mass is 79.9. The lowest BCUT2D eigenvalue weighted by molar-refractivity contribution is 0.0504. The van der Waals surface area contributed by atoms with Crippen molar-refractivity contribution in [2.24, 2.45) is 5.73 Å². The van der Waals surface area contributed by atoms with E-state index in [0.717, 1.165) is 22.2 Å². The van der Waals surface area contributed by atoms with Crippen LogP contribution in [0.15, 0.2) is 22.7 Å². The maximum absolute atomic E-state index is 5.51. The molecule has 1 aromatic rings. The zero-order valence-corrected chi connectivity index (χ0v) is 9.71. The van der Waals surface area contributed by atoms with Gasteiger partial charge in [0.05, 0.1) is 0 Å². The fourth-order valence-electron chi connectivity index (χ4n) is 1.16. The Morgan fingerprint density at radius 2 is 2.21 bits per heavy atom. The minimum atomic E-state index is 0.263. The number of rotatable bonds is 5. The molecule has 1 rings (SSSR count). The molecule has 0 saturated carbocycles. The molecular formula is C10H14BrNO2. The van der Waals surface area contributed by atoms with Crippen LogP contribution >= 0.6 is 15.9 Å². The lowest BCUT2D eigenvalue weighted by atomic mass is 10.1. The monoisotopic (exact) mass is 259 g/mol. The quantitative estimate of drug-likeness (QED) is 0.823. The third-order valence-electron chi connectivity index (χ3n) is 1.77. The summed E-state index contributed by atoms with van der Waals surface area (Å²) in [6, 6.07) is 5.86. The van der Waals surface area contributed by atoms with E-state index < -0.39 is 0 Å². The molecule has 78 valence electrons. The van der Waals surface area contributed by atoms with Crippen LogP contribution in [0.2, 0.25) is 0 Å². The first kappa shape index (κ1) is 11.5. The predicted molar refractivity (Wildman–Crippen MR) is 59.4 cm³/mol. The second-order valence-electron chi connectivity index (χ2n) is 2.84. The van der Waals surface area contributed by atoms with Crippen LogP contribution in [0, 0.1) is 0 Å². The molecule has 0 heterocycles. The van der Waals surface area contributed by atoms with Crippen LogP contribution in [-0.4, -0.2) is 20.4 Å². The summed E-state index contributed by atoms with van der Waals surface area (Å²) in [7, 11) is 1.60. The summed E-state index contributed by atoms with van der Waals surface area (Å²) in [6.45, 7) is 0.874. The molecule has 0 unspecified atom stereocenters. The molecule has 4 heteroatoms. The SMILES string of the molecule is COCOc1ccc(Br)cc1CCN. The minimum absolute atomic E-state index is 0.263. The maximum atomic E-state index is 5.51. The van der Waals surface area contributed by atoms with Crippen LogP contribution in [0.3, 0.4) is 0 Å². The average Bonchev–Trinajstić information content (AvgIpc) is 2.17. The first-order valence-corrected chi connectivity index (χ1v) is 5.17. The second-order valence-corrected chi connectivity index (χ2v) is 3.76. The van der Waals surface area contributed by atoms with Crippen LogP contribution in [-0.2, 0) is 11.2 Å². The van der Waals surface area contributed by atoms with Gasteiger partial charge in [0, 0.05) is 11.6 Å². The summed E-state index contributed by atoms with van der Waals surface area (Å²) < 4.78 is 11.3. The number of benzene rings is 1. The van der Waals surface area contributed by atoms with Crippen LogP contribution in [0.5, 0.6) is 5.75 Å². The molecule has 0 spiro atoms. The van der Waals surface area contributed by atoms with E-state index in [9.17, 15) is 0 Å². The average molecular weight is 260 g/mol. The molecule has 0 aliphatic rings. The molecule has 0 amide bonds. The van der Waals surface area contributed by atoms with E-state index in [4.69, 9.17) is 15.2 Å². The zero-order chi connectivity index (χ0) is 10.4. The van der Waals surface area contributed by atoms with Crippen molar-refractivity contribution in [2.45, 2.75) is 6.42 Å². The Hall–Kier alpha value is -0.580. The molecule has 2 N–H and O–H groups in total. The number of methoxy groups -OCH3 is 1. The molecule has 1 aromatic carbocycles. The van der Waals surface area contributed by atoms with Crippen LogP contribution in [0.4, 0.5) is 0 Å². The molecule has 0 fully saturated rings. The smallest absolute Gasteiger partial charge is 0.188 e. The molecule has 0 radical (unpaired) electrons. The van der Waals surface area contributed by atoms with Gasteiger partial charge in [-0.25, -0.2) is 0 Å². The number of ether oxygens (including phenoxy) is 2. The van der Waals surface area contributed by atoms with E-state index in [1.54, 1.807) is 7.11 Å². The van der Waals surface area contributed by atoms with Gasteiger partial charge in [0.2, 0.25) is 0 Å². The summed E-state index contributed by atoms with van der Waals surface area (Å²) in [5.41, 5.74) is 6.60. The Balaban J connectivity index is 2.78. The molecule has 0 aliphatic carbocycles. The van der Waals surface area contributed by atoms with Gasteiger partial charge >= 0.3 is 0 Å². The Morgan fingerprint density at radius 1 is 1.43 bits per heavy atom. The number of halogens is 1. The van der Waals surface area contributed by atoms with Gasteiger partial charge in [-0.05, 0) is 36.7 Å².